The summed E-state index contributed by atoms with van der Waals surface area (Å²) in [5.74, 6) is -0.239. The highest BCUT2D eigenvalue weighted by Gasteiger charge is 2.36. The molecule has 20 heavy (non-hydrogen) atoms. The first-order chi connectivity index (χ1) is 9.38. The summed E-state index contributed by atoms with van der Waals surface area (Å²) in [4.78, 5) is 38.7. The molecule has 0 bridgehead atoms. The Labute approximate surface area is 127 Å². The molecule has 1 atom stereocenters. The molecule has 7 nitrogen and oxygen atoms in total. The molecule has 0 aliphatic carbocycles. The number of nitrogens with zero attached hydrogens (tertiary/aromatic N) is 3. The van der Waals surface area contributed by atoms with Crippen LogP contribution in [0.2, 0.25) is 0 Å². The quantitative estimate of drug-likeness (QED) is 0.606. The highest BCUT2D eigenvalue weighted by atomic mass is 79.9. The van der Waals surface area contributed by atoms with Crippen molar-refractivity contribution in [3.63, 3.8) is 0 Å². The van der Waals surface area contributed by atoms with Gasteiger partial charge in [-0.1, -0.05) is 11.8 Å². The maximum atomic E-state index is 12.0. The lowest BCUT2D eigenvalue weighted by atomic mass is 10.3. The topological polar surface area (TPSA) is 93.4 Å². The zero-order valence-corrected chi connectivity index (χ0v) is 12.8. The average molecular weight is 360 g/mol. The molecule has 0 aromatic carbocycles. The minimum Gasteiger partial charge on any atom is -0.290 e. The zero-order valence-electron chi connectivity index (χ0n) is 10.4. The van der Waals surface area contributed by atoms with E-state index in [4.69, 9.17) is 0 Å². The summed E-state index contributed by atoms with van der Waals surface area (Å²) in [6, 6.07) is 1.31. The van der Waals surface area contributed by atoms with E-state index in [1.54, 1.807) is 0 Å². The number of amides is 1. The fourth-order valence-corrected chi connectivity index (χ4v) is 3.20. The molecule has 1 saturated heterocycles. The normalized spacial score (nSPS) is 18.4. The van der Waals surface area contributed by atoms with Crippen LogP contribution in [0.3, 0.4) is 0 Å². The van der Waals surface area contributed by atoms with E-state index in [1.165, 1.54) is 24.1 Å². The highest BCUT2D eigenvalue weighted by molar-refractivity contribution is 9.10. The van der Waals surface area contributed by atoms with E-state index in [-0.39, 0.29) is 40.7 Å². The fourth-order valence-electron chi connectivity index (χ4n) is 1.96. The number of aromatic nitrogens is 1. The Morgan fingerprint density at radius 2 is 2.35 bits per heavy atom. The van der Waals surface area contributed by atoms with Gasteiger partial charge < -0.3 is 0 Å². The molecule has 0 radical (unpaired) electrons. The van der Waals surface area contributed by atoms with Gasteiger partial charge in [-0.25, -0.2) is 4.98 Å². The molecule has 0 N–H and O–H groups in total. The number of anilines is 1. The van der Waals surface area contributed by atoms with Crippen LogP contribution in [0.4, 0.5) is 11.5 Å². The Bertz CT molecular complexity index is 595. The Morgan fingerprint density at radius 1 is 1.65 bits per heavy atom. The second-order valence-electron chi connectivity index (χ2n) is 4.19. The van der Waals surface area contributed by atoms with Crippen LogP contribution < -0.4 is 4.90 Å². The molecule has 106 valence electrons. The van der Waals surface area contributed by atoms with E-state index in [2.05, 4.69) is 20.9 Å². The largest absolute Gasteiger partial charge is 0.313 e. The molecular weight excluding hydrogens is 350 g/mol. The number of halogens is 1. The van der Waals surface area contributed by atoms with E-state index in [0.29, 0.717) is 4.47 Å². The number of hydrogen-bond donors (Lipinski definition) is 0. The summed E-state index contributed by atoms with van der Waals surface area (Å²) < 4.78 is 0.467. The van der Waals surface area contributed by atoms with Crippen molar-refractivity contribution in [1.29, 1.82) is 0 Å². The predicted octanol–water partition coefficient (Wildman–Crippen LogP) is 2.14. The molecule has 0 spiro atoms. The third-order valence-corrected chi connectivity index (χ3v) is 4.10. The zero-order chi connectivity index (χ0) is 14.9. The third-order valence-electron chi connectivity index (χ3n) is 2.69. The Morgan fingerprint density at radius 3 is 2.95 bits per heavy atom. The fraction of sp³-hybridized carbons (Fsp3) is 0.364. The molecule has 1 aromatic rings. The van der Waals surface area contributed by atoms with E-state index < -0.39 is 4.92 Å². The van der Waals surface area contributed by atoms with E-state index in [1.807, 2.05) is 0 Å². The van der Waals surface area contributed by atoms with E-state index in [9.17, 15) is 19.7 Å². The van der Waals surface area contributed by atoms with Gasteiger partial charge in [0.1, 0.15) is 0 Å². The molecule has 0 saturated carbocycles. The van der Waals surface area contributed by atoms with Gasteiger partial charge in [0.2, 0.25) is 11.7 Å². The van der Waals surface area contributed by atoms with Crippen LogP contribution in [0, 0.1) is 10.1 Å². The van der Waals surface area contributed by atoms with Crippen LogP contribution in [0.5, 0.6) is 0 Å². The minimum atomic E-state index is -0.578. The van der Waals surface area contributed by atoms with Crippen molar-refractivity contribution in [2.75, 3.05) is 11.4 Å². The van der Waals surface area contributed by atoms with Crippen LogP contribution in [-0.4, -0.2) is 32.7 Å². The van der Waals surface area contributed by atoms with Crippen LogP contribution >= 0.6 is 27.7 Å². The van der Waals surface area contributed by atoms with Crippen LogP contribution in [-0.2, 0) is 9.59 Å². The van der Waals surface area contributed by atoms with Crippen LogP contribution in [0.15, 0.2) is 16.7 Å². The van der Waals surface area contributed by atoms with Gasteiger partial charge in [0.15, 0.2) is 5.12 Å². The smallest absolute Gasteiger partial charge is 0.290 e. The Hall–Kier alpha value is -1.48. The van der Waals surface area contributed by atoms with Crippen molar-refractivity contribution in [3.8, 4) is 0 Å². The summed E-state index contributed by atoms with van der Waals surface area (Å²) in [5.41, 5.74) is -0.235. The summed E-state index contributed by atoms with van der Waals surface area (Å²) >= 11 is 4.19. The van der Waals surface area contributed by atoms with Gasteiger partial charge in [-0.3, -0.25) is 24.6 Å². The van der Waals surface area contributed by atoms with Crippen molar-refractivity contribution in [2.24, 2.45) is 0 Å². The predicted molar refractivity (Wildman–Crippen MR) is 77.6 cm³/mol. The number of nitro groups is 1. The molecule has 1 unspecified atom stereocenters. The van der Waals surface area contributed by atoms with Crippen LogP contribution in [0.1, 0.15) is 13.3 Å². The number of carbonyl (C=O) groups excluding carboxylic acids is 2. The number of hydrogen-bond acceptors (Lipinski definition) is 6. The van der Waals surface area contributed by atoms with Crippen molar-refractivity contribution in [2.45, 2.75) is 18.6 Å². The summed E-state index contributed by atoms with van der Waals surface area (Å²) in [5, 5.41) is 10.8. The summed E-state index contributed by atoms with van der Waals surface area (Å²) in [6.45, 7) is 1.68. The molecular formula is C11H10BrN3O4S. The lowest BCUT2D eigenvalue weighted by Crippen LogP contribution is -2.26. The van der Waals surface area contributed by atoms with Crippen molar-refractivity contribution in [3.05, 3.63) is 26.9 Å². The van der Waals surface area contributed by atoms with Gasteiger partial charge in [-0.2, -0.15) is 0 Å². The van der Waals surface area contributed by atoms with Gasteiger partial charge in [-0.05, 0) is 15.9 Å². The monoisotopic (exact) mass is 359 g/mol. The number of rotatable bonds is 3. The van der Waals surface area contributed by atoms with Gasteiger partial charge >= 0.3 is 5.69 Å². The maximum Gasteiger partial charge on any atom is 0.313 e. The first-order valence-corrected chi connectivity index (χ1v) is 7.33. The van der Waals surface area contributed by atoms with E-state index in [0.717, 1.165) is 11.8 Å². The number of carbonyl (C=O) groups is 2. The maximum absolute atomic E-state index is 12.0. The SMILES string of the molecule is CC(=O)SC1CC(=O)N(c2ncc(Br)cc2[N+](=O)[O-])C1. The molecule has 2 rings (SSSR count). The second-order valence-corrected chi connectivity index (χ2v) is 6.59. The van der Waals surface area contributed by atoms with E-state index >= 15 is 0 Å². The molecule has 9 heteroatoms. The summed E-state index contributed by atoms with van der Waals surface area (Å²) in [7, 11) is 0. The molecule has 1 aliphatic heterocycles. The Kier molecular flexibility index (Phi) is 4.39. The first kappa shape index (κ1) is 14.9. The third kappa shape index (κ3) is 3.15. The van der Waals surface area contributed by atoms with Crippen LogP contribution in [0.25, 0.3) is 0 Å². The number of thioether (sulfide) groups is 1. The van der Waals surface area contributed by atoms with Gasteiger partial charge in [-0.15, -0.1) is 0 Å². The second kappa shape index (κ2) is 5.88. The molecule has 2 heterocycles. The number of pyridine rings is 1. The molecule has 1 aliphatic rings. The lowest BCUT2D eigenvalue weighted by Gasteiger charge is -2.15. The first-order valence-electron chi connectivity index (χ1n) is 5.66. The van der Waals surface area contributed by atoms with Crippen molar-refractivity contribution >= 4 is 50.2 Å². The molecule has 1 aromatic heterocycles. The van der Waals surface area contributed by atoms with Gasteiger partial charge in [0.25, 0.3) is 0 Å². The lowest BCUT2D eigenvalue weighted by molar-refractivity contribution is -0.384. The van der Waals surface area contributed by atoms with Gasteiger partial charge in [0.05, 0.1) is 4.92 Å². The van der Waals surface area contributed by atoms with Crippen molar-refractivity contribution < 1.29 is 14.5 Å². The molecule has 1 amide bonds. The highest BCUT2D eigenvalue weighted by Crippen LogP contribution is 2.34. The molecule has 1 fully saturated rings. The van der Waals surface area contributed by atoms with Crippen molar-refractivity contribution in [1.82, 2.24) is 4.98 Å². The van der Waals surface area contributed by atoms with Gasteiger partial charge in [0, 0.05) is 41.9 Å². The summed E-state index contributed by atoms with van der Waals surface area (Å²) in [6.07, 6.45) is 1.58. The minimum absolute atomic E-state index is 0.0230. The average Bonchev–Trinajstić information content (AvgIpc) is 2.69. The Balaban J connectivity index is 2.30. The standard InChI is InChI=1S/C11H10BrN3O4S/c1-6(16)20-8-3-10(17)14(5-8)11-9(15(18)19)2-7(12)4-13-11/h2,4,8H,3,5H2,1H3.